The zero-order chi connectivity index (χ0) is 21.5. The predicted octanol–water partition coefficient (Wildman–Crippen LogP) is 3.92. The van der Waals surface area contributed by atoms with Crippen molar-refractivity contribution in [2.45, 2.75) is 6.92 Å². The number of carbonyl (C=O) groups is 2. The molecular formula is C22H18N4O4. The smallest absolute Gasteiger partial charge is 0.271 e. The molecule has 0 bridgehead atoms. The molecule has 30 heavy (non-hydrogen) atoms. The lowest BCUT2D eigenvalue weighted by Crippen LogP contribution is -2.18. The normalized spacial score (nSPS) is 10.6. The number of hydrogen-bond donors (Lipinski definition) is 2. The van der Waals surface area contributed by atoms with Gasteiger partial charge in [-0.05, 0) is 55.0 Å². The number of nitro benzene ring substituents is 1. The highest BCUT2D eigenvalue weighted by molar-refractivity contribution is 6.05. The van der Waals surface area contributed by atoms with Gasteiger partial charge in [0.15, 0.2) is 0 Å². The van der Waals surface area contributed by atoms with Gasteiger partial charge in [-0.3, -0.25) is 19.7 Å². The molecule has 8 heteroatoms. The van der Waals surface area contributed by atoms with Gasteiger partial charge < -0.3 is 5.32 Å². The van der Waals surface area contributed by atoms with E-state index in [0.717, 1.165) is 5.56 Å². The maximum absolute atomic E-state index is 12.3. The number of rotatable bonds is 6. The molecule has 150 valence electrons. The zero-order valence-electron chi connectivity index (χ0n) is 16.0. The molecule has 0 saturated heterocycles. The highest BCUT2D eigenvalue weighted by Gasteiger charge is 2.09. The largest absolute Gasteiger partial charge is 0.322 e. The fourth-order valence-electron chi connectivity index (χ4n) is 2.56. The van der Waals surface area contributed by atoms with E-state index in [2.05, 4.69) is 15.8 Å². The minimum absolute atomic E-state index is 0.0271. The first-order chi connectivity index (χ1) is 14.4. The van der Waals surface area contributed by atoms with Crippen molar-refractivity contribution in [3.8, 4) is 0 Å². The summed E-state index contributed by atoms with van der Waals surface area (Å²) in [6.45, 7) is 1.94. The van der Waals surface area contributed by atoms with Crippen molar-refractivity contribution in [1.82, 2.24) is 5.43 Å². The van der Waals surface area contributed by atoms with E-state index in [-0.39, 0.29) is 11.6 Å². The second-order valence-electron chi connectivity index (χ2n) is 6.45. The van der Waals surface area contributed by atoms with Crippen molar-refractivity contribution < 1.29 is 14.5 Å². The second-order valence-corrected chi connectivity index (χ2v) is 6.45. The summed E-state index contributed by atoms with van der Waals surface area (Å²) in [6, 6.07) is 19.4. The number of anilines is 1. The maximum atomic E-state index is 12.3. The average molecular weight is 402 g/mol. The van der Waals surface area contributed by atoms with Crippen molar-refractivity contribution in [2.24, 2.45) is 5.10 Å². The first-order valence-corrected chi connectivity index (χ1v) is 8.98. The van der Waals surface area contributed by atoms with Gasteiger partial charge in [0.05, 0.1) is 11.1 Å². The molecule has 0 aliphatic carbocycles. The van der Waals surface area contributed by atoms with Crippen LogP contribution in [0.15, 0.2) is 77.9 Å². The summed E-state index contributed by atoms with van der Waals surface area (Å²) in [5, 5.41) is 17.3. The fourth-order valence-corrected chi connectivity index (χ4v) is 2.56. The molecule has 0 aliphatic rings. The molecule has 3 aromatic carbocycles. The van der Waals surface area contributed by atoms with E-state index in [0.29, 0.717) is 22.4 Å². The Hall–Kier alpha value is -4.33. The molecule has 0 unspecified atom stereocenters. The fraction of sp³-hybridized carbons (Fsp3) is 0.0455. The number of aryl methyl sites for hydroxylation is 1. The Labute approximate surface area is 172 Å². The molecule has 3 rings (SSSR count). The van der Waals surface area contributed by atoms with Crippen LogP contribution in [0, 0.1) is 17.0 Å². The van der Waals surface area contributed by atoms with Crippen LogP contribution in [-0.4, -0.2) is 23.0 Å². The average Bonchev–Trinajstić information content (AvgIpc) is 2.74. The van der Waals surface area contributed by atoms with E-state index in [1.807, 2.05) is 19.1 Å². The van der Waals surface area contributed by atoms with Crippen LogP contribution < -0.4 is 10.7 Å². The van der Waals surface area contributed by atoms with Crippen LogP contribution in [0.2, 0.25) is 0 Å². The maximum Gasteiger partial charge on any atom is 0.271 e. The first-order valence-electron chi connectivity index (χ1n) is 8.98. The van der Waals surface area contributed by atoms with Gasteiger partial charge in [-0.25, -0.2) is 5.43 Å². The lowest BCUT2D eigenvalue weighted by molar-refractivity contribution is -0.384. The van der Waals surface area contributed by atoms with E-state index in [1.54, 1.807) is 36.4 Å². The number of nitro groups is 1. The van der Waals surface area contributed by atoms with Crippen molar-refractivity contribution in [3.63, 3.8) is 0 Å². The molecule has 0 heterocycles. The molecule has 8 nitrogen and oxygen atoms in total. The lowest BCUT2D eigenvalue weighted by atomic mass is 10.1. The zero-order valence-corrected chi connectivity index (χ0v) is 16.0. The molecule has 0 spiro atoms. The van der Waals surface area contributed by atoms with Crippen LogP contribution in [0.25, 0.3) is 0 Å². The molecule has 2 amide bonds. The third-order valence-corrected chi connectivity index (χ3v) is 4.18. The SMILES string of the molecule is Cc1ccc(C(=O)Nc2cccc(C(=O)N/N=C/c3ccc([N+](=O)[O-])cc3)c2)cc1. The lowest BCUT2D eigenvalue weighted by Gasteiger charge is -2.07. The monoisotopic (exact) mass is 402 g/mol. The summed E-state index contributed by atoms with van der Waals surface area (Å²) >= 11 is 0. The molecule has 0 fully saturated rings. The number of nitrogens with zero attached hydrogens (tertiary/aromatic N) is 2. The number of benzene rings is 3. The van der Waals surface area contributed by atoms with Gasteiger partial charge in [0.2, 0.25) is 0 Å². The standard InChI is InChI=1S/C22H18N4O4/c1-15-5-9-17(10-6-15)21(27)24-19-4-2-3-18(13-19)22(28)25-23-14-16-7-11-20(12-8-16)26(29)30/h2-14H,1H3,(H,24,27)(H,25,28)/b23-14+. The Morgan fingerprint density at radius 3 is 2.30 bits per heavy atom. The molecule has 0 aliphatic heterocycles. The van der Waals surface area contributed by atoms with E-state index >= 15 is 0 Å². The van der Waals surface area contributed by atoms with Crippen LogP contribution in [-0.2, 0) is 0 Å². The highest BCUT2D eigenvalue weighted by atomic mass is 16.6. The molecule has 0 saturated carbocycles. The van der Waals surface area contributed by atoms with Crippen molar-refractivity contribution in [1.29, 1.82) is 0 Å². The van der Waals surface area contributed by atoms with Gasteiger partial charge in [-0.1, -0.05) is 23.8 Å². The molecule has 2 N–H and O–H groups in total. The van der Waals surface area contributed by atoms with Crippen LogP contribution in [0.5, 0.6) is 0 Å². The third kappa shape index (κ3) is 5.35. The van der Waals surface area contributed by atoms with Crippen LogP contribution in [0.4, 0.5) is 11.4 Å². The van der Waals surface area contributed by atoms with Crippen LogP contribution in [0.3, 0.4) is 0 Å². The number of hydrazone groups is 1. The van der Waals surface area contributed by atoms with Gasteiger partial charge in [0.1, 0.15) is 0 Å². The third-order valence-electron chi connectivity index (χ3n) is 4.18. The Bertz CT molecular complexity index is 1110. The Morgan fingerprint density at radius 2 is 1.63 bits per heavy atom. The molecule has 3 aromatic rings. The summed E-state index contributed by atoms with van der Waals surface area (Å²) in [7, 11) is 0. The number of nitrogens with one attached hydrogen (secondary N) is 2. The topological polar surface area (TPSA) is 114 Å². The minimum Gasteiger partial charge on any atom is -0.322 e. The Kier molecular flexibility index (Phi) is 6.29. The van der Waals surface area contributed by atoms with Crippen molar-refractivity contribution in [2.75, 3.05) is 5.32 Å². The molecular weight excluding hydrogens is 384 g/mol. The summed E-state index contributed by atoms with van der Waals surface area (Å²) in [6.07, 6.45) is 1.38. The van der Waals surface area contributed by atoms with Crippen LogP contribution >= 0.6 is 0 Å². The number of hydrogen-bond acceptors (Lipinski definition) is 5. The summed E-state index contributed by atoms with van der Waals surface area (Å²) in [4.78, 5) is 34.8. The minimum atomic E-state index is -0.493. The summed E-state index contributed by atoms with van der Waals surface area (Å²) < 4.78 is 0. The van der Waals surface area contributed by atoms with Crippen molar-refractivity contribution >= 4 is 29.4 Å². The number of carbonyl (C=O) groups excluding carboxylic acids is 2. The van der Waals surface area contributed by atoms with E-state index in [9.17, 15) is 19.7 Å². The first kappa shape index (κ1) is 20.4. The van der Waals surface area contributed by atoms with E-state index in [1.165, 1.54) is 30.5 Å². The summed E-state index contributed by atoms with van der Waals surface area (Å²) in [5.74, 6) is -0.733. The van der Waals surface area contributed by atoms with E-state index in [4.69, 9.17) is 0 Å². The summed E-state index contributed by atoms with van der Waals surface area (Å²) in [5.41, 5.74) is 5.33. The van der Waals surface area contributed by atoms with Gasteiger partial charge in [-0.15, -0.1) is 0 Å². The van der Waals surface area contributed by atoms with Gasteiger partial charge >= 0.3 is 0 Å². The Balaban J connectivity index is 1.61. The number of non-ortho nitro benzene ring substituents is 1. The number of amides is 2. The molecule has 0 aromatic heterocycles. The van der Waals surface area contributed by atoms with Gasteiger partial charge in [0, 0.05) is 28.9 Å². The molecule has 0 radical (unpaired) electrons. The van der Waals surface area contributed by atoms with Crippen LogP contribution in [0.1, 0.15) is 31.8 Å². The Morgan fingerprint density at radius 1 is 0.933 bits per heavy atom. The van der Waals surface area contributed by atoms with Gasteiger partial charge in [0.25, 0.3) is 17.5 Å². The van der Waals surface area contributed by atoms with E-state index < -0.39 is 10.8 Å². The van der Waals surface area contributed by atoms with Gasteiger partial charge in [-0.2, -0.15) is 5.10 Å². The quantitative estimate of drug-likeness (QED) is 0.369. The predicted molar refractivity (Wildman–Crippen MR) is 114 cm³/mol. The van der Waals surface area contributed by atoms with Crippen molar-refractivity contribution in [3.05, 3.63) is 105 Å². The highest BCUT2D eigenvalue weighted by Crippen LogP contribution is 2.13. The second kappa shape index (κ2) is 9.24. The molecule has 0 atom stereocenters.